The Labute approximate surface area is 161 Å². The van der Waals surface area contributed by atoms with E-state index in [1.54, 1.807) is 23.1 Å². The molecule has 1 aliphatic heterocycles. The van der Waals surface area contributed by atoms with Gasteiger partial charge in [0.05, 0.1) is 5.52 Å². The molecule has 3 aromatic carbocycles. The highest BCUT2D eigenvalue weighted by Crippen LogP contribution is 2.27. The zero-order chi connectivity index (χ0) is 19.1. The number of carbonyl (C=O) groups excluding carboxylic acids is 1. The third kappa shape index (κ3) is 2.72. The smallest absolute Gasteiger partial charge is 0.264 e. The summed E-state index contributed by atoms with van der Waals surface area (Å²) in [5.41, 5.74) is 3.64. The van der Waals surface area contributed by atoms with Crippen LogP contribution in [0, 0.1) is 0 Å². The van der Waals surface area contributed by atoms with Crippen molar-refractivity contribution >= 4 is 33.4 Å². The van der Waals surface area contributed by atoms with Gasteiger partial charge in [0.1, 0.15) is 5.75 Å². The lowest BCUT2D eigenvalue weighted by atomic mass is 10.1. The van der Waals surface area contributed by atoms with E-state index < -0.39 is 0 Å². The van der Waals surface area contributed by atoms with E-state index >= 15 is 0 Å². The molecule has 0 fully saturated rings. The highest BCUT2D eigenvalue weighted by molar-refractivity contribution is 5.96. The first-order valence-electron chi connectivity index (χ1n) is 9.26. The maximum atomic E-state index is 12.8. The predicted octanol–water partition coefficient (Wildman–Crippen LogP) is 3.65. The van der Waals surface area contributed by atoms with Crippen molar-refractivity contribution in [2.75, 3.05) is 18.1 Å². The van der Waals surface area contributed by atoms with E-state index in [-0.39, 0.29) is 17.9 Å². The molecule has 138 valence electrons. The quantitative estimate of drug-likeness (QED) is 0.560. The molecule has 5 rings (SSSR count). The maximum absolute atomic E-state index is 12.8. The maximum Gasteiger partial charge on any atom is 0.264 e. The van der Waals surface area contributed by atoms with Crippen LogP contribution in [0.2, 0.25) is 0 Å². The summed E-state index contributed by atoms with van der Waals surface area (Å²) in [5.74, 6) is 0.423. The third-order valence-electron chi connectivity index (χ3n) is 5.23. The second-order valence-corrected chi connectivity index (χ2v) is 6.92. The van der Waals surface area contributed by atoms with Crippen LogP contribution in [0.15, 0.2) is 71.5 Å². The first-order chi connectivity index (χ1) is 13.7. The Morgan fingerprint density at radius 2 is 1.75 bits per heavy atom. The Hall–Kier alpha value is -3.60. The minimum Gasteiger partial charge on any atom is -0.484 e. The molecule has 0 radical (unpaired) electrons. The van der Waals surface area contributed by atoms with Crippen molar-refractivity contribution < 1.29 is 9.53 Å². The largest absolute Gasteiger partial charge is 0.484 e. The van der Waals surface area contributed by atoms with Gasteiger partial charge < -0.3 is 14.6 Å². The summed E-state index contributed by atoms with van der Waals surface area (Å²) in [7, 11) is 0. The van der Waals surface area contributed by atoms with Gasteiger partial charge in [-0.25, -0.2) is 0 Å². The van der Waals surface area contributed by atoms with Gasteiger partial charge in [-0.15, -0.1) is 0 Å². The van der Waals surface area contributed by atoms with Crippen molar-refractivity contribution in [2.45, 2.75) is 6.42 Å². The first-order valence-corrected chi connectivity index (χ1v) is 9.26. The number of nitrogens with one attached hydrogen (secondary N) is 1. The van der Waals surface area contributed by atoms with E-state index in [1.165, 1.54) is 5.56 Å². The number of anilines is 1. The molecule has 1 aromatic heterocycles. The normalized spacial score (nSPS) is 13.1. The molecule has 0 saturated heterocycles. The molecule has 1 aliphatic rings. The molecule has 4 aromatic rings. The summed E-state index contributed by atoms with van der Waals surface area (Å²) < 4.78 is 5.73. The molecule has 28 heavy (non-hydrogen) atoms. The molecule has 0 aliphatic carbocycles. The van der Waals surface area contributed by atoms with Crippen molar-refractivity contribution in [3.05, 3.63) is 82.5 Å². The van der Waals surface area contributed by atoms with Crippen molar-refractivity contribution in [3.63, 3.8) is 0 Å². The Bertz CT molecular complexity index is 1280. The number of aromatic nitrogens is 1. The van der Waals surface area contributed by atoms with Gasteiger partial charge in [-0.1, -0.05) is 30.3 Å². The molecular formula is C23H18N2O3. The van der Waals surface area contributed by atoms with Gasteiger partial charge in [-0.3, -0.25) is 9.59 Å². The highest BCUT2D eigenvalue weighted by atomic mass is 16.5. The molecule has 0 unspecified atom stereocenters. The molecule has 0 bridgehead atoms. The Balaban J connectivity index is 1.40. The van der Waals surface area contributed by atoms with E-state index in [0.29, 0.717) is 23.1 Å². The predicted molar refractivity (Wildman–Crippen MR) is 110 cm³/mol. The van der Waals surface area contributed by atoms with Crippen LogP contribution in [0.1, 0.15) is 5.56 Å². The van der Waals surface area contributed by atoms with Crippen molar-refractivity contribution in [1.82, 2.24) is 4.98 Å². The van der Waals surface area contributed by atoms with E-state index in [4.69, 9.17) is 4.74 Å². The number of H-pyrrole nitrogens is 1. The number of fused-ring (bicyclic) bond motifs is 3. The molecule has 1 amide bonds. The monoisotopic (exact) mass is 370 g/mol. The van der Waals surface area contributed by atoms with E-state index in [0.717, 1.165) is 23.1 Å². The number of carbonyl (C=O) groups is 1. The van der Waals surface area contributed by atoms with Crippen LogP contribution in [0.25, 0.3) is 21.8 Å². The van der Waals surface area contributed by atoms with Crippen LogP contribution >= 0.6 is 0 Å². The number of para-hydroxylation sites is 2. The Kier molecular flexibility index (Phi) is 3.86. The minimum absolute atomic E-state index is 0.0467. The highest BCUT2D eigenvalue weighted by Gasteiger charge is 2.24. The lowest BCUT2D eigenvalue weighted by Crippen LogP contribution is -2.33. The average Bonchev–Trinajstić information content (AvgIpc) is 3.17. The number of ether oxygens (including phenoxy) is 1. The van der Waals surface area contributed by atoms with E-state index in [2.05, 4.69) is 4.98 Å². The lowest BCUT2D eigenvalue weighted by Gasteiger charge is -2.17. The number of benzene rings is 3. The fraction of sp³-hybridized carbons (Fsp3) is 0.130. The van der Waals surface area contributed by atoms with Gasteiger partial charge >= 0.3 is 0 Å². The van der Waals surface area contributed by atoms with Crippen LogP contribution in [0.5, 0.6) is 5.75 Å². The van der Waals surface area contributed by atoms with Gasteiger partial charge in [0.25, 0.3) is 5.91 Å². The van der Waals surface area contributed by atoms with Crippen LogP contribution < -0.4 is 15.1 Å². The summed E-state index contributed by atoms with van der Waals surface area (Å²) >= 11 is 0. The van der Waals surface area contributed by atoms with Crippen LogP contribution in [-0.2, 0) is 11.2 Å². The van der Waals surface area contributed by atoms with Gasteiger partial charge in [0.2, 0.25) is 0 Å². The van der Waals surface area contributed by atoms with Gasteiger partial charge in [-0.2, -0.15) is 0 Å². The lowest BCUT2D eigenvalue weighted by molar-refractivity contribution is -0.120. The number of nitrogens with zero attached hydrogens (tertiary/aromatic N) is 1. The summed E-state index contributed by atoms with van der Waals surface area (Å²) in [6, 6.07) is 20.6. The number of aromatic amines is 1. The van der Waals surface area contributed by atoms with Crippen molar-refractivity contribution in [3.8, 4) is 5.75 Å². The third-order valence-corrected chi connectivity index (χ3v) is 5.23. The minimum atomic E-state index is -0.0857. The number of hydrogen-bond acceptors (Lipinski definition) is 3. The topological polar surface area (TPSA) is 62.4 Å². The van der Waals surface area contributed by atoms with Crippen molar-refractivity contribution in [2.24, 2.45) is 0 Å². The molecule has 0 atom stereocenters. The van der Waals surface area contributed by atoms with Crippen LogP contribution in [-0.4, -0.2) is 24.0 Å². The standard InChI is InChI=1S/C23H18N2O3/c26-22(25-12-11-15-5-1-4-8-21(15)25)14-28-16-9-10-20-18(13-16)23(27)17-6-2-3-7-19(17)24-20/h1-10,13H,11-12,14H2,(H,24,27). The summed E-state index contributed by atoms with van der Waals surface area (Å²) in [4.78, 5) is 30.4. The molecule has 0 saturated carbocycles. The molecule has 5 nitrogen and oxygen atoms in total. The Morgan fingerprint density at radius 1 is 0.964 bits per heavy atom. The first kappa shape index (κ1) is 16.6. The Morgan fingerprint density at radius 3 is 2.68 bits per heavy atom. The second-order valence-electron chi connectivity index (χ2n) is 6.92. The van der Waals surface area contributed by atoms with Crippen molar-refractivity contribution in [1.29, 1.82) is 0 Å². The number of hydrogen-bond donors (Lipinski definition) is 1. The SMILES string of the molecule is O=C(COc1ccc2[nH]c3ccccc3c(=O)c2c1)N1CCc2ccccc21. The molecule has 0 spiro atoms. The second kappa shape index (κ2) is 6.53. The number of amides is 1. The molecule has 2 heterocycles. The van der Waals surface area contributed by atoms with Gasteiger partial charge in [0, 0.05) is 28.5 Å². The van der Waals surface area contributed by atoms with Gasteiger partial charge in [0.15, 0.2) is 12.0 Å². The van der Waals surface area contributed by atoms with E-state index in [1.807, 2.05) is 48.5 Å². The number of pyridine rings is 1. The zero-order valence-corrected chi connectivity index (χ0v) is 15.1. The fourth-order valence-corrected chi connectivity index (χ4v) is 3.81. The number of rotatable bonds is 3. The molecule has 1 N–H and O–H groups in total. The summed E-state index contributed by atoms with van der Waals surface area (Å²) in [6.07, 6.45) is 0.861. The molecule has 5 heteroatoms. The zero-order valence-electron chi connectivity index (χ0n) is 15.1. The fourth-order valence-electron chi connectivity index (χ4n) is 3.81. The summed E-state index contributed by atoms with van der Waals surface area (Å²) in [5, 5.41) is 1.19. The van der Waals surface area contributed by atoms with E-state index in [9.17, 15) is 9.59 Å². The van der Waals surface area contributed by atoms with Crippen LogP contribution in [0.3, 0.4) is 0 Å². The average molecular weight is 370 g/mol. The molecular weight excluding hydrogens is 352 g/mol. The summed E-state index contributed by atoms with van der Waals surface area (Å²) in [6.45, 7) is 0.607. The van der Waals surface area contributed by atoms with Crippen LogP contribution in [0.4, 0.5) is 5.69 Å². The van der Waals surface area contributed by atoms with Gasteiger partial charge in [-0.05, 0) is 48.4 Å².